The Labute approximate surface area is 120 Å². The molecule has 0 fully saturated rings. The molecule has 0 amide bonds. The lowest BCUT2D eigenvalue weighted by molar-refractivity contribution is 0.541. The zero-order chi connectivity index (χ0) is 14.7. The molecule has 0 radical (unpaired) electrons. The third-order valence-corrected chi connectivity index (χ3v) is 3.37. The molecule has 110 valence electrons. The molecule has 0 aliphatic heterocycles. The van der Waals surface area contributed by atoms with Crippen LogP contribution in [0.15, 0.2) is 18.2 Å². The van der Waals surface area contributed by atoms with Crippen molar-refractivity contribution in [3.8, 4) is 0 Å². The van der Waals surface area contributed by atoms with E-state index in [1.165, 1.54) is 12.1 Å². The summed E-state index contributed by atoms with van der Waals surface area (Å²) in [6.45, 7) is 9.55. The van der Waals surface area contributed by atoms with Crippen molar-refractivity contribution in [3.63, 3.8) is 0 Å². The minimum atomic E-state index is -0.223. The monoisotopic (exact) mass is 277 g/mol. The van der Waals surface area contributed by atoms with E-state index in [0.29, 0.717) is 12.1 Å². The number of nitrogens with zero attached hydrogens (tertiary/aromatic N) is 2. The topological polar surface area (TPSA) is 29.9 Å². The molecule has 1 aromatic heterocycles. The number of hydrogen-bond donors (Lipinski definition) is 1. The van der Waals surface area contributed by atoms with Crippen LogP contribution in [-0.4, -0.2) is 22.1 Å². The van der Waals surface area contributed by atoms with Gasteiger partial charge in [-0.1, -0.05) is 13.8 Å². The lowest BCUT2D eigenvalue weighted by atomic mass is 10.2. The fourth-order valence-electron chi connectivity index (χ4n) is 2.51. The van der Waals surface area contributed by atoms with Gasteiger partial charge >= 0.3 is 0 Å². The van der Waals surface area contributed by atoms with Gasteiger partial charge in [-0.3, -0.25) is 0 Å². The lowest BCUT2D eigenvalue weighted by Crippen LogP contribution is -2.24. The second kappa shape index (κ2) is 6.35. The van der Waals surface area contributed by atoms with E-state index in [-0.39, 0.29) is 5.82 Å². The average molecular weight is 277 g/mol. The minimum Gasteiger partial charge on any atom is -0.325 e. The maximum absolute atomic E-state index is 13.3. The van der Waals surface area contributed by atoms with E-state index in [0.717, 1.165) is 36.2 Å². The molecule has 2 rings (SSSR count). The standard InChI is InChI=1S/C16H24FN3/c1-11(2)18-9-5-6-16-19-14-10-13(17)7-8-15(14)20(16)12(3)4/h7-8,10-12,18H,5-6,9H2,1-4H3. The number of aryl methyl sites for hydroxylation is 1. The van der Waals surface area contributed by atoms with Crippen LogP contribution in [0.5, 0.6) is 0 Å². The molecule has 3 nitrogen and oxygen atoms in total. The SMILES string of the molecule is CC(C)NCCCc1nc2cc(F)ccc2n1C(C)C. The van der Waals surface area contributed by atoms with Crippen molar-refractivity contribution in [2.24, 2.45) is 0 Å². The first-order valence-electron chi connectivity index (χ1n) is 7.38. The van der Waals surface area contributed by atoms with Crippen LogP contribution in [0.4, 0.5) is 4.39 Å². The lowest BCUT2D eigenvalue weighted by Gasteiger charge is -2.13. The minimum absolute atomic E-state index is 0.223. The summed E-state index contributed by atoms with van der Waals surface area (Å²) >= 11 is 0. The van der Waals surface area contributed by atoms with Gasteiger partial charge in [-0.2, -0.15) is 0 Å². The highest BCUT2D eigenvalue weighted by atomic mass is 19.1. The van der Waals surface area contributed by atoms with Crippen molar-refractivity contribution in [2.45, 2.75) is 52.6 Å². The van der Waals surface area contributed by atoms with Crippen molar-refractivity contribution in [2.75, 3.05) is 6.54 Å². The van der Waals surface area contributed by atoms with E-state index >= 15 is 0 Å². The van der Waals surface area contributed by atoms with Crippen molar-refractivity contribution in [1.82, 2.24) is 14.9 Å². The van der Waals surface area contributed by atoms with Crippen LogP contribution in [-0.2, 0) is 6.42 Å². The molecule has 20 heavy (non-hydrogen) atoms. The van der Waals surface area contributed by atoms with Crippen LogP contribution in [0.3, 0.4) is 0 Å². The molecule has 0 saturated carbocycles. The molecular weight excluding hydrogens is 253 g/mol. The highest BCUT2D eigenvalue weighted by Crippen LogP contribution is 2.22. The Hall–Kier alpha value is -1.42. The fourth-order valence-corrected chi connectivity index (χ4v) is 2.51. The smallest absolute Gasteiger partial charge is 0.125 e. The van der Waals surface area contributed by atoms with Crippen LogP contribution in [0.1, 0.15) is 46.0 Å². The van der Waals surface area contributed by atoms with Crippen LogP contribution >= 0.6 is 0 Å². The molecule has 0 aliphatic rings. The molecule has 4 heteroatoms. The van der Waals surface area contributed by atoms with Gasteiger partial charge in [0.25, 0.3) is 0 Å². The first kappa shape index (κ1) is 15.0. The molecule has 0 bridgehead atoms. The van der Waals surface area contributed by atoms with Gasteiger partial charge in [0.05, 0.1) is 11.0 Å². The van der Waals surface area contributed by atoms with Crippen LogP contribution in [0.2, 0.25) is 0 Å². The van der Waals surface area contributed by atoms with Gasteiger partial charge in [-0.05, 0) is 38.9 Å². The quantitative estimate of drug-likeness (QED) is 0.816. The zero-order valence-electron chi connectivity index (χ0n) is 12.8. The number of hydrogen-bond acceptors (Lipinski definition) is 2. The number of aromatic nitrogens is 2. The molecule has 0 atom stereocenters. The zero-order valence-corrected chi connectivity index (χ0v) is 12.8. The van der Waals surface area contributed by atoms with Gasteiger partial charge in [0.2, 0.25) is 0 Å². The number of benzene rings is 1. The number of halogens is 1. The molecule has 2 aromatic rings. The van der Waals surface area contributed by atoms with E-state index in [1.807, 2.05) is 6.07 Å². The number of nitrogens with one attached hydrogen (secondary N) is 1. The first-order chi connectivity index (χ1) is 9.49. The van der Waals surface area contributed by atoms with E-state index in [2.05, 4.69) is 42.6 Å². The summed E-state index contributed by atoms with van der Waals surface area (Å²) in [5, 5.41) is 3.41. The summed E-state index contributed by atoms with van der Waals surface area (Å²) in [7, 11) is 0. The predicted octanol–water partition coefficient (Wildman–Crippen LogP) is 3.69. The largest absolute Gasteiger partial charge is 0.325 e. The maximum Gasteiger partial charge on any atom is 0.125 e. The maximum atomic E-state index is 13.3. The summed E-state index contributed by atoms with van der Waals surface area (Å²) < 4.78 is 15.5. The third kappa shape index (κ3) is 3.37. The number of rotatable bonds is 6. The van der Waals surface area contributed by atoms with E-state index in [1.54, 1.807) is 0 Å². The van der Waals surface area contributed by atoms with E-state index < -0.39 is 0 Å². The van der Waals surface area contributed by atoms with Crippen LogP contribution < -0.4 is 5.32 Å². The number of imidazole rings is 1. The first-order valence-corrected chi connectivity index (χ1v) is 7.38. The van der Waals surface area contributed by atoms with Gasteiger partial charge in [-0.25, -0.2) is 9.37 Å². The second-order valence-corrected chi connectivity index (χ2v) is 5.84. The van der Waals surface area contributed by atoms with Gasteiger partial charge in [0.1, 0.15) is 11.6 Å². The van der Waals surface area contributed by atoms with Crippen molar-refractivity contribution in [3.05, 3.63) is 29.8 Å². The van der Waals surface area contributed by atoms with E-state index in [4.69, 9.17) is 0 Å². The van der Waals surface area contributed by atoms with Gasteiger partial charge in [0.15, 0.2) is 0 Å². The highest BCUT2D eigenvalue weighted by Gasteiger charge is 2.13. The van der Waals surface area contributed by atoms with Crippen molar-refractivity contribution < 1.29 is 4.39 Å². The summed E-state index contributed by atoms with van der Waals surface area (Å²) in [6, 6.07) is 5.69. The Kier molecular flexibility index (Phi) is 4.76. The van der Waals surface area contributed by atoms with Crippen molar-refractivity contribution in [1.29, 1.82) is 0 Å². The van der Waals surface area contributed by atoms with Gasteiger partial charge in [-0.15, -0.1) is 0 Å². The Morgan fingerprint density at radius 1 is 1.25 bits per heavy atom. The normalized spacial score (nSPS) is 11.9. The third-order valence-electron chi connectivity index (χ3n) is 3.37. The summed E-state index contributed by atoms with van der Waals surface area (Å²) in [5.74, 6) is 0.824. The molecule has 1 aromatic carbocycles. The van der Waals surface area contributed by atoms with Crippen molar-refractivity contribution >= 4 is 11.0 Å². The number of fused-ring (bicyclic) bond motifs is 1. The molecule has 0 spiro atoms. The fraction of sp³-hybridized carbons (Fsp3) is 0.562. The molecule has 1 N–H and O–H groups in total. The summed E-state index contributed by atoms with van der Waals surface area (Å²) in [5.41, 5.74) is 1.78. The second-order valence-electron chi connectivity index (χ2n) is 5.84. The molecular formula is C16H24FN3. The predicted molar refractivity (Wildman–Crippen MR) is 81.5 cm³/mol. The van der Waals surface area contributed by atoms with Gasteiger partial charge < -0.3 is 9.88 Å². The molecule has 0 saturated heterocycles. The average Bonchev–Trinajstić information content (AvgIpc) is 2.71. The molecule has 1 heterocycles. The summed E-state index contributed by atoms with van der Waals surface area (Å²) in [6.07, 6.45) is 1.95. The molecule has 0 unspecified atom stereocenters. The summed E-state index contributed by atoms with van der Waals surface area (Å²) in [4.78, 5) is 4.61. The van der Waals surface area contributed by atoms with E-state index in [9.17, 15) is 4.39 Å². The van der Waals surface area contributed by atoms with Gasteiger partial charge in [0, 0.05) is 24.6 Å². The Morgan fingerprint density at radius 2 is 2.00 bits per heavy atom. The Morgan fingerprint density at radius 3 is 2.65 bits per heavy atom. The Bertz CT molecular complexity index is 572. The van der Waals surface area contributed by atoms with Crippen LogP contribution in [0, 0.1) is 5.82 Å². The molecule has 0 aliphatic carbocycles. The van der Waals surface area contributed by atoms with Crippen LogP contribution in [0.25, 0.3) is 11.0 Å². The Balaban J connectivity index is 2.21. The highest BCUT2D eigenvalue weighted by molar-refractivity contribution is 5.76.